The minimum atomic E-state index is 1.06. The Hall–Kier alpha value is -0.850. The highest BCUT2D eigenvalue weighted by Gasteiger charge is 1.91. The van der Waals surface area contributed by atoms with Gasteiger partial charge in [0.1, 0.15) is 0 Å². The smallest absolute Gasteiger partial charge is 0.0397 e. The molecule has 0 amide bonds. The number of hydrogen-bond acceptors (Lipinski definition) is 1. The molecule has 0 aliphatic heterocycles. The lowest BCUT2D eigenvalue weighted by atomic mass is 10.1. The first-order valence-electron chi connectivity index (χ1n) is 6.19. The van der Waals surface area contributed by atoms with Gasteiger partial charge in [0.15, 0.2) is 0 Å². The molecule has 0 N–H and O–H groups in total. The summed E-state index contributed by atoms with van der Waals surface area (Å²) in [5.41, 5.74) is 1.12. The largest absolute Gasteiger partial charge is 0.262 e. The molecule has 0 saturated heterocycles. The van der Waals surface area contributed by atoms with E-state index in [0.717, 1.165) is 18.6 Å². The highest BCUT2D eigenvalue weighted by atomic mass is 14.7. The zero-order valence-electron chi connectivity index (χ0n) is 10.3. The van der Waals surface area contributed by atoms with Crippen LogP contribution in [0.3, 0.4) is 0 Å². The summed E-state index contributed by atoms with van der Waals surface area (Å²) in [6.45, 7) is 8.21. The molecule has 0 fully saturated rings. The summed E-state index contributed by atoms with van der Waals surface area (Å²) in [4.78, 5) is 4.40. The van der Waals surface area contributed by atoms with Crippen LogP contribution in [0.1, 0.15) is 58.8 Å². The van der Waals surface area contributed by atoms with Gasteiger partial charge in [-0.1, -0.05) is 52.2 Å². The third-order valence-corrected chi connectivity index (χ3v) is 2.34. The van der Waals surface area contributed by atoms with Gasteiger partial charge in [-0.3, -0.25) is 4.99 Å². The number of hydrogen-bond donors (Lipinski definition) is 0. The Morgan fingerprint density at radius 2 is 1.87 bits per heavy atom. The van der Waals surface area contributed by atoms with Crippen molar-refractivity contribution < 1.29 is 0 Å². The molecule has 0 unspecified atom stereocenters. The standard InChI is InChI=1S/C14H25N/c1-4-7-9-11-13-15-14(6-3)12-10-8-5-2/h6,11,13H,3-5,7-10,12H2,1-2H3/b13-11-,15-14+. The molecule has 0 aromatic heterocycles. The van der Waals surface area contributed by atoms with Crippen molar-refractivity contribution in [1.82, 2.24) is 0 Å². The molecule has 15 heavy (non-hydrogen) atoms. The fraction of sp³-hybridized carbons (Fsp3) is 0.643. The van der Waals surface area contributed by atoms with E-state index in [1.165, 1.54) is 32.1 Å². The first-order chi connectivity index (χ1) is 7.35. The molecule has 0 heterocycles. The first kappa shape index (κ1) is 14.2. The molecule has 1 nitrogen and oxygen atoms in total. The second kappa shape index (κ2) is 11.2. The van der Waals surface area contributed by atoms with Crippen molar-refractivity contribution >= 4 is 5.71 Å². The number of allylic oxidation sites excluding steroid dienone is 2. The second-order valence-corrected chi connectivity index (χ2v) is 3.81. The SMILES string of the molecule is C=C/C(CCCCC)=N\C=C/CCCC. The molecule has 0 aliphatic rings. The Bertz CT molecular complexity index is 201. The van der Waals surface area contributed by atoms with E-state index >= 15 is 0 Å². The van der Waals surface area contributed by atoms with Crippen molar-refractivity contribution in [2.75, 3.05) is 0 Å². The van der Waals surface area contributed by atoms with Gasteiger partial charge < -0.3 is 0 Å². The molecule has 0 spiro atoms. The zero-order valence-corrected chi connectivity index (χ0v) is 10.3. The third-order valence-electron chi connectivity index (χ3n) is 2.34. The van der Waals surface area contributed by atoms with Crippen molar-refractivity contribution in [3.8, 4) is 0 Å². The Kier molecular flexibility index (Phi) is 10.6. The van der Waals surface area contributed by atoms with Crippen LogP contribution < -0.4 is 0 Å². The van der Waals surface area contributed by atoms with E-state index < -0.39 is 0 Å². The predicted octanol–water partition coefficient (Wildman–Crippen LogP) is 4.90. The maximum absolute atomic E-state index is 4.40. The summed E-state index contributed by atoms with van der Waals surface area (Å²) in [6.07, 6.45) is 14.4. The van der Waals surface area contributed by atoms with E-state index in [9.17, 15) is 0 Å². The van der Waals surface area contributed by atoms with Crippen LogP contribution in [0.25, 0.3) is 0 Å². The summed E-state index contributed by atoms with van der Waals surface area (Å²) >= 11 is 0. The number of nitrogens with zero attached hydrogens (tertiary/aromatic N) is 1. The van der Waals surface area contributed by atoms with Crippen LogP contribution in [0.15, 0.2) is 29.9 Å². The summed E-state index contributed by atoms with van der Waals surface area (Å²) in [5.74, 6) is 0. The molecule has 0 radical (unpaired) electrons. The quantitative estimate of drug-likeness (QED) is 0.377. The highest BCUT2D eigenvalue weighted by molar-refractivity contribution is 5.94. The highest BCUT2D eigenvalue weighted by Crippen LogP contribution is 2.02. The van der Waals surface area contributed by atoms with Crippen molar-refractivity contribution in [3.05, 3.63) is 24.9 Å². The normalized spacial score (nSPS) is 12.3. The van der Waals surface area contributed by atoms with E-state index in [0.29, 0.717) is 0 Å². The maximum atomic E-state index is 4.40. The van der Waals surface area contributed by atoms with Gasteiger partial charge in [0, 0.05) is 11.9 Å². The minimum Gasteiger partial charge on any atom is -0.262 e. The fourth-order valence-corrected chi connectivity index (χ4v) is 1.32. The van der Waals surface area contributed by atoms with Crippen molar-refractivity contribution in [2.24, 2.45) is 4.99 Å². The molecular weight excluding hydrogens is 182 g/mol. The average molecular weight is 207 g/mol. The summed E-state index contributed by atoms with van der Waals surface area (Å²) in [6, 6.07) is 0. The Morgan fingerprint density at radius 1 is 1.13 bits per heavy atom. The van der Waals surface area contributed by atoms with Crippen LogP contribution in [0.5, 0.6) is 0 Å². The van der Waals surface area contributed by atoms with E-state index in [1.54, 1.807) is 0 Å². The van der Waals surface area contributed by atoms with Gasteiger partial charge in [-0.15, -0.1) is 0 Å². The molecule has 0 aromatic rings. The molecule has 0 saturated carbocycles. The first-order valence-corrected chi connectivity index (χ1v) is 6.19. The lowest BCUT2D eigenvalue weighted by Gasteiger charge is -1.98. The van der Waals surface area contributed by atoms with Crippen molar-refractivity contribution in [2.45, 2.75) is 58.8 Å². The summed E-state index contributed by atoms with van der Waals surface area (Å²) < 4.78 is 0. The van der Waals surface area contributed by atoms with E-state index in [4.69, 9.17) is 0 Å². The number of unbranched alkanes of at least 4 members (excludes halogenated alkanes) is 4. The van der Waals surface area contributed by atoms with Crippen LogP contribution in [-0.2, 0) is 0 Å². The average Bonchev–Trinajstić information content (AvgIpc) is 2.26. The van der Waals surface area contributed by atoms with Gasteiger partial charge in [-0.2, -0.15) is 0 Å². The molecule has 0 aliphatic carbocycles. The lowest BCUT2D eigenvalue weighted by molar-refractivity contribution is 0.743. The van der Waals surface area contributed by atoms with Gasteiger partial charge in [0.25, 0.3) is 0 Å². The monoisotopic (exact) mass is 207 g/mol. The second-order valence-electron chi connectivity index (χ2n) is 3.81. The van der Waals surface area contributed by atoms with Crippen LogP contribution in [0.2, 0.25) is 0 Å². The lowest BCUT2D eigenvalue weighted by Crippen LogP contribution is -1.91. The van der Waals surface area contributed by atoms with Crippen molar-refractivity contribution in [1.29, 1.82) is 0 Å². The van der Waals surface area contributed by atoms with Gasteiger partial charge in [-0.25, -0.2) is 0 Å². The zero-order chi connectivity index (χ0) is 11.4. The molecule has 0 rings (SSSR count). The van der Waals surface area contributed by atoms with Crippen LogP contribution >= 0.6 is 0 Å². The fourth-order valence-electron chi connectivity index (χ4n) is 1.32. The van der Waals surface area contributed by atoms with Gasteiger partial charge >= 0.3 is 0 Å². The topological polar surface area (TPSA) is 12.4 Å². The molecule has 0 aromatic carbocycles. The minimum absolute atomic E-state index is 1.06. The number of rotatable bonds is 9. The molecule has 0 atom stereocenters. The predicted molar refractivity (Wildman–Crippen MR) is 70.4 cm³/mol. The van der Waals surface area contributed by atoms with Crippen LogP contribution in [0.4, 0.5) is 0 Å². The van der Waals surface area contributed by atoms with E-state index in [2.05, 4.69) is 31.5 Å². The van der Waals surface area contributed by atoms with E-state index in [1.807, 2.05) is 12.3 Å². The third kappa shape index (κ3) is 9.45. The van der Waals surface area contributed by atoms with Gasteiger partial charge in [0.2, 0.25) is 0 Å². The number of aliphatic imine (C=N–C) groups is 1. The van der Waals surface area contributed by atoms with Gasteiger partial charge in [-0.05, 0) is 25.3 Å². The maximum Gasteiger partial charge on any atom is 0.0397 e. The summed E-state index contributed by atoms with van der Waals surface area (Å²) in [7, 11) is 0. The van der Waals surface area contributed by atoms with Crippen LogP contribution in [0, 0.1) is 0 Å². The van der Waals surface area contributed by atoms with Crippen LogP contribution in [-0.4, -0.2) is 5.71 Å². The Labute approximate surface area is 95.0 Å². The molecule has 1 heteroatoms. The van der Waals surface area contributed by atoms with Gasteiger partial charge in [0.05, 0.1) is 0 Å². The molecule has 0 bridgehead atoms. The summed E-state index contributed by atoms with van der Waals surface area (Å²) in [5, 5.41) is 0. The van der Waals surface area contributed by atoms with E-state index in [-0.39, 0.29) is 0 Å². The van der Waals surface area contributed by atoms with Crippen molar-refractivity contribution in [3.63, 3.8) is 0 Å². The molecule has 86 valence electrons. The Balaban J connectivity index is 3.77. The Morgan fingerprint density at radius 3 is 2.47 bits per heavy atom. The molecular formula is C14H25N.